The average Bonchev–Trinajstić information content (AvgIpc) is 2.40. The van der Waals surface area contributed by atoms with E-state index in [2.05, 4.69) is 15.6 Å². The Balaban J connectivity index is 2.11. The van der Waals surface area contributed by atoms with E-state index >= 15 is 0 Å². The number of pyridine rings is 1. The van der Waals surface area contributed by atoms with Crippen LogP contribution in [0.3, 0.4) is 0 Å². The number of nitrogens with zero attached hydrogens (tertiary/aromatic N) is 1. The molecule has 8 heteroatoms. The van der Waals surface area contributed by atoms with Gasteiger partial charge in [0.2, 0.25) is 0 Å². The minimum Gasteiger partial charge on any atom is -0.370 e. The van der Waals surface area contributed by atoms with Crippen LogP contribution in [-0.2, 0) is 9.84 Å². The normalized spacial score (nSPS) is 20.8. The zero-order chi connectivity index (χ0) is 15.5. The van der Waals surface area contributed by atoms with Crippen LogP contribution in [0.5, 0.6) is 0 Å². The SMILES string of the molecule is CCNc1ccc(Cl)c(C(=O)NC2CCCS(=O)(=O)C2)n1. The van der Waals surface area contributed by atoms with Gasteiger partial charge in [0.15, 0.2) is 9.84 Å². The predicted molar refractivity (Wildman–Crippen MR) is 82.6 cm³/mol. The van der Waals surface area contributed by atoms with Gasteiger partial charge in [-0.1, -0.05) is 11.6 Å². The van der Waals surface area contributed by atoms with E-state index in [0.29, 0.717) is 25.2 Å². The molecule has 0 aromatic carbocycles. The molecular weight excluding hydrogens is 314 g/mol. The minimum absolute atomic E-state index is 0.0245. The molecule has 0 aliphatic carbocycles. The molecule has 1 unspecified atom stereocenters. The Morgan fingerprint density at radius 3 is 2.90 bits per heavy atom. The van der Waals surface area contributed by atoms with Crippen molar-refractivity contribution in [3.05, 3.63) is 22.8 Å². The van der Waals surface area contributed by atoms with Gasteiger partial charge in [0.1, 0.15) is 11.5 Å². The first-order valence-electron chi connectivity index (χ1n) is 6.83. The molecule has 1 aliphatic rings. The van der Waals surface area contributed by atoms with Gasteiger partial charge in [-0.05, 0) is 31.9 Å². The molecule has 2 heterocycles. The van der Waals surface area contributed by atoms with Gasteiger partial charge in [0, 0.05) is 12.6 Å². The third-order valence-electron chi connectivity index (χ3n) is 3.22. The van der Waals surface area contributed by atoms with Crippen LogP contribution >= 0.6 is 11.6 Å². The van der Waals surface area contributed by atoms with Crippen molar-refractivity contribution < 1.29 is 13.2 Å². The van der Waals surface area contributed by atoms with Gasteiger partial charge >= 0.3 is 0 Å². The van der Waals surface area contributed by atoms with Gasteiger partial charge in [0.05, 0.1) is 16.5 Å². The molecule has 1 aromatic heterocycles. The second kappa shape index (κ2) is 6.62. The van der Waals surface area contributed by atoms with E-state index in [1.807, 2.05) is 6.92 Å². The van der Waals surface area contributed by atoms with Crippen molar-refractivity contribution in [1.82, 2.24) is 10.3 Å². The lowest BCUT2D eigenvalue weighted by atomic mass is 10.2. The lowest BCUT2D eigenvalue weighted by molar-refractivity contribution is 0.0933. The Kier molecular flexibility index (Phi) is 5.05. The van der Waals surface area contributed by atoms with E-state index in [1.54, 1.807) is 12.1 Å². The maximum Gasteiger partial charge on any atom is 0.271 e. The van der Waals surface area contributed by atoms with Gasteiger partial charge in [-0.2, -0.15) is 0 Å². The number of amides is 1. The number of sulfone groups is 1. The van der Waals surface area contributed by atoms with Crippen molar-refractivity contribution in [3.8, 4) is 0 Å². The summed E-state index contributed by atoms with van der Waals surface area (Å²) < 4.78 is 23.2. The zero-order valence-electron chi connectivity index (χ0n) is 11.7. The lowest BCUT2D eigenvalue weighted by Gasteiger charge is -2.23. The van der Waals surface area contributed by atoms with Crippen LogP contribution in [0.4, 0.5) is 5.82 Å². The van der Waals surface area contributed by atoms with Crippen molar-refractivity contribution in [2.45, 2.75) is 25.8 Å². The number of hydrogen-bond donors (Lipinski definition) is 2. The molecule has 21 heavy (non-hydrogen) atoms. The Labute approximate surface area is 129 Å². The van der Waals surface area contributed by atoms with Crippen molar-refractivity contribution in [2.24, 2.45) is 0 Å². The van der Waals surface area contributed by atoms with E-state index in [9.17, 15) is 13.2 Å². The third-order valence-corrected chi connectivity index (χ3v) is 5.34. The second-order valence-corrected chi connectivity index (χ2v) is 7.62. The molecule has 0 spiro atoms. The summed E-state index contributed by atoms with van der Waals surface area (Å²) >= 11 is 6.00. The molecule has 0 radical (unpaired) electrons. The number of halogens is 1. The smallest absolute Gasteiger partial charge is 0.271 e. The summed E-state index contributed by atoms with van der Waals surface area (Å²) in [5.41, 5.74) is 0.109. The number of anilines is 1. The average molecular weight is 332 g/mol. The number of carbonyl (C=O) groups excluding carboxylic acids is 1. The second-order valence-electron chi connectivity index (χ2n) is 4.98. The van der Waals surface area contributed by atoms with Crippen LogP contribution in [0.15, 0.2) is 12.1 Å². The standard InChI is InChI=1S/C13H18ClN3O3S/c1-2-15-11-6-5-10(14)12(17-11)13(18)16-9-4-3-7-21(19,20)8-9/h5-6,9H,2-4,7-8H2,1H3,(H,15,17)(H,16,18). The van der Waals surface area contributed by atoms with E-state index in [4.69, 9.17) is 11.6 Å². The maximum atomic E-state index is 12.2. The fraction of sp³-hybridized carbons (Fsp3) is 0.538. The van der Waals surface area contributed by atoms with Crippen molar-refractivity contribution in [1.29, 1.82) is 0 Å². The van der Waals surface area contributed by atoms with Crippen molar-refractivity contribution in [3.63, 3.8) is 0 Å². The molecule has 1 aliphatic heterocycles. The largest absolute Gasteiger partial charge is 0.370 e. The minimum atomic E-state index is -3.07. The first-order valence-corrected chi connectivity index (χ1v) is 9.03. The Hall–Kier alpha value is -1.34. The monoisotopic (exact) mass is 331 g/mol. The van der Waals surface area contributed by atoms with E-state index in [-0.39, 0.29) is 28.3 Å². The van der Waals surface area contributed by atoms with Crippen LogP contribution in [0.1, 0.15) is 30.3 Å². The van der Waals surface area contributed by atoms with Gasteiger partial charge < -0.3 is 10.6 Å². The molecule has 2 N–H and O–H groups in total. The van der Waals surface area contributed by atoms with Gasteiger partial charge in [0.25, 0.3) is 5.91 Å². The molecule has 1 aromatic rings. The maximum absolute atomic E-state index is 12.2. The van der Waals surface area contributed by atoms with Crippen LogP contribution in [-0.4, -0.2) is 43.4 Å². The Morgan fingerprint density at radius 2 is 2.24 bits per heavy atom. The van der Waals surface area contributed by atoms with Crippen molar-refractivity contribution in [2.75, 3.05) is 23.4 Å². The highest BCUT2D eigenvalue weighted by Crippen LogP contribution is 2.18. The van der Waals surface area contributed by atoms with E-state index < -0.39 is 15.7 Å². The summed E-state index contributed by atoms with van der Waals surface area (Å²) in [6, 6.07) is 2.91. The van der Waals surface area contributed by atoms with Crippen LogP contribution in [0.25, 0.3) is 0 Å². The van der Waals surface area contributed by atoms with Crippen LogP contribution < -0.4 is 10.6 Å². The first kappa shape index (κ1) is 16.0. The Morgan fingerprint density at radius 1 is 1.48 bits per heavy atom. The van der Waals surface area contributed by atoms with E-state index in [0.717, 1.165) is 0 Å². The summed E-state index contributed by atoms with van der Waals surface area (Å²) in [5.74, 6) is 0.280. The summed E-state index contributed by atoms with van der Waals surface area (Å²) in [6.45, 7) is 2.60. The highest BCUT2D eigenvalue weighted by Gasteiger charge is 2.27. The molecule has 1 amide bonds. The molecule has 0 saturated carbocycles. The molecule has 116 valence electrons. The zero-order valence-corrected chi connectivity index (χ0v) is 13.3. The van der Waals surface area contributed by atoms with Crippen LogP contribution in [0, 0.1) is 0 Å². The summed E-state index contributed by atoms with van der Waals surface area (Å²) in [5, 5.41) is 5.95. The van der Waals surface area contributed by atoms with Gasteiger partial charge in [-0.15, -0.1) is 0 Å². The third kappa shape index (κ3) is 4.31. The number of carbonyl (C=O) groups is 1. The molecule has 0 bridgehead atoms. The highest BCUT2D eigenvalue weighted by atomic mass is 35.5. The molecule has 1 saturated heterocycles. The first-order chi connectivity index (χ1) is 9.91. The lowest BCUT2D eigenvalue weighted by Crippen LogP contribution is -2.43. The predicted octanol–water partition coefficient (Wildman–Crippen LogP) is 1.47. The molecule has 1 fully saturated rings. The topological polar surface area (TPSA) is 88.2 Å². The molecule has 6 nitrogen and oxygen atoms in total. The Bertz CT molecular complexity index is 634. The fourth-order valence-corrected chi connectivity index (χ4v) is 4.10. The van der Waals surface area contributed by atoms with Crippen molar-refractivity contribution >= 4 is 33.2 Å². The highest BCUT2D eigenvalue weighted by molar-refractivity contribution is 7.91. The molecule has 1 atom stereocenters. The van der Waals surface area contributed by atoms with E-state index in [1.165, 1.54) is 0 Å². The summed E-state index contributed by atoms with van der Waals surface area (Å²) in [6.07, 6.45) is 1.21. The quantitative estimate of drug-likeness (QED) is 0.872. The number of nitrogens with one attached hydrogen (secondary N) is 2. The summed E-state index contributed by atoms with van der Waals surface area (Å²) in [7, 11) is -3.07. The fourth-order valence-electron chi connectivity index (χ4n) is 2.27. The molecule has 2 rings (SSSR count). The number of aromatic nitrogens is 1. The van der Waals surface area contributed by atoms with Gasteiger partial charge in [-0.25, -0.2) is 13.4 Å². The molecular formula is C13H18ClN3O3S. The van der Waals surface area contributed by atoms with Gasteiger partial charge in [-0.3, -0.25) is 4.79 Å². The van der Waals surface area contributed by atoms with Crippen LogP contribution in [0.2, 0.25) is 5.02 Å². The summed E-state index contributed by atoms with van der Waals surface area (Å²) in [4.78, 5) is 16.4. The number of rotatable bonds is 4. The number of hydrogen-bond acceptors (Lipinski definition) is 5.